The molecular formula is C23H30N6. The van der Waals surface area contributed by atoms with Crippen molar-refractivity contribution >= 4 is 11.5 Å². The van der Waals surface area contributed by atoms with E-state index >= 15 is 0 Å². The second-order valence-corrected chi connectivity index (χ2v) is 7.76. The van der Waals surface area contributed by atoms with Crippen LogP contribution in [0.15, 0.2) is 61.1 Å². The van der Waals surface area contributed by atoms with E-state index in [4.69, 9.17) is 4.98 Å². The fraction of sp³-hybridized carbons (Fsp3) is 0.391. The smallest absolute Gasteiger partial charge is 0.133 e. The van der Waals surface area contributed by atoms with Crippen LogP contribution < -0.4 is 15.1 Å². The van der Waals surface area contributed by atoms with Gasteiger partial charge in [-0.3, -0.25) is 4.68 Å². The summed E-state index contributed by atoms with van der Waals surface area (Å²) >= 11 is 0. The van der Waals surface area contributed by atoms with Crippen molar-refractivity contribution < 1.29 is 0 Å². The van der Waals surface area contributed by atoms with Gasteiger partial charge in [0.1, 0.15) is 5.82 Å². The zero-order valence-corrected chi connectivity index (χ0v) is 17.3. The molecule has 152 valence electrons. The Hall–Kier alpha value is -2.86. The van der Waals surface area contributed by atoms with Gasteiger partial charge in [0.25, 0.3) is 0 Å². The number of hydrogen-bond acceptors (Lipinski definition) is 5. The lowest BCUT2D eigenvalue weighted by atomic mass is 10.1. The Morgan fingerprint density at radius 3 is 2.52 bits per heavy atom. The van der Waals surface area contributed by atoms with E-state index < -0.39 is 0 Å². The Bertz CT molecular complexity index is 899. The van der Waals surface area contributed by atoms with Gasteiger partial charge in [-0.15, -0.1) is 0 Å². The molecule has 6 heteroatoms. The van der Waals surface area contributed by atoms with Crippen molar-refractivity contribution in [1.82, 2.24) is 20.1 Å². The number of aromatic nitrogens is 3. The standard InChI is InChI=1S/C23H30N6/c1-19-7-3-4-9-22(19)27-13-15-28(16-14-27)23-21(8-5-10-24-23)17-25-20(2)18-29-12-6-11-26-29/h3-12,20,25H,13-18H2,1-2H3. The minimum absolute atomic E-state index is 0.334. The number of para-hydroxylation sites is 1. The third-order valence-electron chi connectivity index (χ3n) is 5.56. The van der Waals surface area contributed by atoms with Crippen molar-refractivity contribution in [3.05, 3.63) is 72.2 Å². The largest absolute Gasteiger partial charge is 0.368 e. The monoisotopic (exact) mass is 390 g/mol. The van der Waals surface area contributed by atoms with Crippen LogP contribution in [0.3, 0.4) is 0 Å². The number of pyridine rings is 1. The summed E-state index contributed by atoms with van der Waals surface area (Å²) in [5.74, 6) is 1.11. The molecule has 3 heterocycles. The van der Waals surface area contributed by atoms with Crippen LogP contribution in [0.2, 0.25) is 0 Å². The van der Waals surface area contributed by atoms with E-state index in [1.54, 1.807) is 0 Å². The molecule has 1 aromatic carbocycles. The molecule has 1 aliphatic heterocycles. The molecule has 0 aliphatic carbocycles. The molecule has 3 aromatic rings. The van der Waals surface area contributed by atoms with Crippen LogP contribution in [0.25, 0.3) is 0 Å². The van der Waals surface area contributed by atoms with Gasteiger partial charge in [0.15, 0.2) is 0 Å². The van der Waals surface area contributed by atoms with Crippen LogP contribution in [0.1, 0.15) is 18.1 Å². The highest BCUT2D eigenvalue weighted by Gasteiger charge is 2.21. The highest BCUT2D eigenvalue weighted by molar-refractivity contribution is 5.55. The van der Waals surface area contributed by atoms with E-state index in [1.165, 1.54) is 16.8 Å². The first-order valence-electron chi connectivity index (χ1n) is 10.4. The third-order valence-corrected chi connectivity index (χ3v) is 5.56. The first-order chi connectivity index (χ1) is 14.2. The number of rotatable bonds is 7. The van der Waals surface area contributed by atoms with Gasteiger partial charge in [-0.25, -0.2) is 4.98 Å². The fourth-order valence-electron chi connectivity index (χ4n) is 3.97. The van der Waals surface area contributed by atoms with Crippen molar-refractivity contribution in [2.24, 2.45) is 0 Å². The molecule has 1 N–H and O–H groups in total. The van der Waals surface area contributed by atoms with E-state index in [9.17, 15) is 0 Å². The van der Waals surface area contributed by atoms with Gasteiger partial charge in [-0.1, -0.05) is 24.3 Å². The summed E-state index contributed by atoms with van der Waals surface area (Å²) in [5.41, 5.74) is 3.95. The topological polar surface area (TPSA) is 49.2 Å². The van der Waals surface area contributed by atoms with Crippen LogP contribution in [-0.2, 0) is 13.1 Å². The first-order valence-corrected chi connectivity index (χ1v) is 10.4. The number of piperazine rings is 1. The second kappa shape index (κ2) is 9.09. The minimum atomic E-state index is 0.334. The zero-order valence-electron chi connectivity index (χ0n) is 17.3. The Labute approximate surface area is 173 Å². The number of anilines is 2. The summed E-state index contributed by atoms with van der Waals surface area (Å²) in [6.45, 7) is 10.1. The summed E-state index contributed by atoms with van der Waals surface area (Å²) in [4.78, 5) is 9.63. The van der Waals surface area contributed by atoms with Crippen LogP contribution in [0.5, 0.6) is 0 Å². The molecule has 4 rings (SSSR count). The van der Waals surface area contributed by atoms with Gasteiger partial charge >= 0.3 is 0 Å². The molecular weight excluding hydrogens is 360 g/mol. The average Bonchev–Trinajstić information content (AvgIpc) is 3.26. The Balaban J connectivity index is 1.36. The predicted octanol–water partition coefficient (Wildman–Crippen LogP) is 3.09. The molecule has 0 amide bonds. The number of hydrogen-bond donors (Lipinski definition) is 1. The first kappa shape index (κ1) is 19.5. The maximum atomic E-state index is 4.72. The van der Waals surface area contributed by atoms with Crippen molar-refractivity contribution in [2.75, 3.05) is 36.0 Å². The quantitative estimate of drug-likeness (QED) is 0.672. The van der Waals surface area contributed by atoms with Crippen molar-refractivity contribution in [2.45, 2.75) is 33.0 Å². The molecule has 0 spiro atoms. The normalized spacial score (nSPS) is 15.5. The van der Waals surface area contributed by atoms with Crippen LogP contribution in [-0.4, -0.2) is 47.0 Å². The Morgan fingerprint density at radius 1 is 0.966 bits per heavy atom. The summed E-state index contributed by atoms with van der Waals surface area (Å²) in [5, 5.41) is 7.91. The maximum absolute atomic E-state index is 4.72. The molecule has 1 fully saturated rings. The lowest BCUT2D eigenvalue weighted by molar-refractivity contribution is 0.450. The molecule has 1 aliphatic rings. The van der Waals surface area contributed by atoms with Gasteiger partial charge in [0.2, 0.25) is 0 Å². The molecule has 1 atom stereocenters. The zero-order chi connectivity index (χ0) is 20.1. The summed E-state index contributed by atoms with van der Waals surface area (Å²) in [7, 11) is 0. The molecule has 6 nitrogen and oxygen atoms in total. The van der Waals surface area contributed by atoms with E-state index in [0.29, 0.717) is 6.04 Å². The molecule has 1 unspecified atom stereocenters. The Morgan fingerprint density at radius 2 is 1.76 bits per heavy atom. The van der Waals surface area contributed by atoms with E-state index in [0.717, 1.165) is 45.1 Å². The van der Waals surface area contributed by atoms with Gasteiger partial charge < -0.3 is 15.1 Å². The molecule has 0 radical (unpaired) electrons. The van der Waals surface area contributed by atoms with Crippen LogP contribution in [0.4, 0.5) is 11.5 Å². The number of nitrogens with zero attached hydrogens (tertiary/aromatic N) is 5. The number of benzene rings is 1. The second-order valence-electron chi connectivity index (χ2n) is 7.76. The van der Waals surface area contributed by atoms with Crippen molar-refractivity contribution in [1.29, 1.82) is 0 Å². The van der Waals surface area contributed by atoms with Crippen molar-refractivity contribution in [3.8, 4) is 0 Å². The Kier molecular flexibility index (Phi) is 6.10. The molecule has 0 saturated carbocycles. The van der Waals surface area contributed by atoms with Gasteiger partial charge in [0, 0.05) is 68.6 Å². The average molecular weight is 391 g/mol. The predicted molar refractivity (Wildman–Crippen MR) is 118 cm³/mol. The highest BCUT2D eigenvalue weighted by atomic mass is 15.3. The highest BCUT2D eigenvalue weighted by Crippen LogP contribution is 2.24. The summed E-state index contributed by atoms with van der Waals surface area (Å²) in [6, 6.07) is 15.2. The van der Waals surface area contributed by atoms with Gasteiger partial charge in [-0.05, 0) is 37.6 Å². The van der Waals surface area contributed by atoms with E-state index in [-0.39, 0.29) is 0 Å². The van der Waals surface area contributed by atoms with Gasteiger partial charge in [-0.2, -0.15) is 5.10 Å². The van der Waals surface area contributed by atoms with E-state index in [2.05, 4.69) is 64.4 Å². The van der Waals surface area contributed by atoms with E-state index in [1.807, 2.05) is 35.4 Å². The van der Waals surface area contributed by atoms with Crippen LogP contribution >= 0.6 is 0 Å². The maximum Gasteiger partial charge on any atom is 0.133 e. The molecule has 2 aromatic heterocycles. The molecule has 0 bridgehead atoms. The fourth-order valence-corrected chi connectivity index (χ4v) is 3.97. The third kappa shape index (κ3) is 4.77. The summed E-state index contributed by atoms with van der Waals surface area (Å²) in [6.07, 6.45) is 5.73. The summed E-state index contributed by atoms with van der Waals surface area (Å²) < 4.78 is 1.96. The minimum Gasteiger partial charge on any atom is -0.368 e. The number of aryl methyl sites for hydroxylation is 1. The molecule has 29 heavy (non-hydrogen) atoms. The van der Waals surface area contributed by atoms with Gasteiger partial charge in [0.05, 0.1) is 6.54 Å². The van der Waals surface area contributed by atoms with Crippen molar-refractivity contribution in [3.63, 3.8) is 0 Å². The lowest BCUT2D eigenvalue weighted by Gasteiger charge is -2.38. The lowest BCUT2D eigenvalue weighted by Crippen LogP contribution is -2.47. The van der Waals surface area contributed by atoms with Crippen LogP contribution in [0, 0.1) is 6.92 Å². The number of nitrogens with one attached hydrogen (secondary N) is 1. The molecule has 1 saturated heterocycles. The SMILES string of the molecule is Cc1ccccc1N1CCN(c2ncccc2CNC(C)Cn2cccn2)CC1.